The second-order valence-corrected chi connectivity index (χ2v) is 15.7. The fraction of sp³-hybridized carbons (Fsp3) is 0.525. The minimum atomic E-state index is -1.78. The number of nitrogens with zero attached hydrogens (tertiary/aromatic N) is 1. The van der Waals surface area contributed by atoms with Crippen LogP contribution in [0.3, 0.4) is 0 Å². The Morgan fingerprint density at radius 2 is 1.67 bits per heavy atom. The number of carbonyl (C=O) groups excluding carboxylic acids is 2. The molecule has 4 rings (SSSR count). The SMILES string of the molecule is COc1cc(C(=O)OCCOCCOCCOCCO)ccc1NC(=O)[C@@H]1N[C@@H](CC(C)(C)C)[C@](C#N)(c2ccc(Cl)cc2F)[C@H]1C1(C)CC=CC(Cl)=C1F. The number of benzene rings is 2. The molecule has 0 bridgehead atoms. The topological polar surface area (TPSA) is 148 Å². The lowest BCUT2D eigenvalue weighted by atomic mass is 9.54. The van der Waals surface area contributed by atoms with E-state index in [9.17, 15) is 14.9 Å². The Kier molecular flexibility index (Phi) is 15.6. The van der Waals surface area contributed by atoms with Crippen molar-refractivity contribution in [2.24, 2.45) is 16.7 Å². The van der Waals surface area contributed by atoms with E-state index in [2.05, 4.69) is 16.7 Å². The van der Waals surface area contributed by atoms with Crippen LogP contribution in [0.4, 0.5) is 14.5 Å². The summed E-state index contributed by atoms with van der Waals surface area (Å²) < 4.78 is 59.3. The number of carbonyl (C=O) groups is 2. The minimum Gasteiger partial charge on any atom is -0.495 e. The number of hydrogen-bond acceptors (Lipinski definition) is 10. The summed E-state index contributed by atoms with van der Waals surface area (Å²) in [6.07, 6.45) is 3.50. The van der Waals surface area contributed by atoms with E-state index in [1.165, 1.54) is 43.5 Å². The molecule has 1 unspecified atom stereocenters. The maximum atomic E-state index is 16.5. The van der Waals surface area contributed by atoms with E-state index in [1.807, 2.05) is 20.8 Å². The molecular weight excluding hydrogens is 759 g/mol. The summed E-state index contributed by atoms with van der Waals surface area (Å²) in [5.41, 5.74) is -3.39. The molecule has 11 nitrogen and oxygen atoms in total. The summed E-state index contributed by atoms with van der Waals surface area (Å²) in [6, 6.07) is 8.66. The van der Waals surface area contributed by atoms with Crippen molar-refractivity contribution in [1.82, 2.24) is 5.32 Å². The van der Waals surface area contributed by atoms with E-state index in [1.54, 1.807) is 13.0 Å². The number of allylic oxidation sites excluding steroid dienone is 4. The van der Waals surface area contributed by atoms with E-state index in [0.29, 0.717) is 26.2 Å². The number of aliphatic hydroxyl groups excluding tert-OH is 1. The zero-order chi connectivity index (χ0) is 40.4. The zero-order valence-corrected chi connectivity index (χ0v) is 33.2. The quantitative estimate of drug-likeness (QED) is 0.108. The van der Waals surface area contributed by atoms with Crippen molar-refractivity contribution >= 4 is 40.8 Å². The van der Waals surface area contributed by atoms with Gasteiger partial charge in [0.25, 0.3) is 0 Å². The maximum Gasteiger partial charge on any atom is 0.338 e. The summed E-state index contributed by atoms with van der Waals surface area (Å²) >= 11 is 12.5. The Morgan fingerprint density at radius 3 is 2.27 bits per heavy atom. The van der Waals surface area contributed by atoms with Crippen molar-refractivity contribution in [2.45, 2.75) is 58.0 Å². The number of ether oxygens (including phenoxy) is 5. The van der Waals surface area contributed by atoms with E-state index in [-0.39, 0.29) is 72.1 Å². The number of nitriles is 1. The molecule has 2 aliphatic rings. The van der Waals surface area contributed by atoms with Crippen molar-refractivity contribution in [3.63, 3.8) is 0 Å². The minimum absolute atomic E-state index is 0.0132. The van der Waals surface area contributed by atoms with Gasteiger partial charge in [0.2, 0.25) is 5.91 Å². The van der Waals surface area contributed by atoms with Gasteiger partial charge in [0.1, 0.15) is 29.4 Å². The van der Waals surface area contributed by atoms with Gasteiger partial charge in [-0.15, -0.1) is 0 Å². The third-order valence-electron chi connectivity index (χ3n) is 9.75. The number of amides is 1. The largest absolute Gasteiger partial charge is 0.495 e. The molecule has 2 aromatic rings. The van der Waals surface area contributed by atoms with E-state index in [4.69, 9.17) is 52.0 Å². The van der Waals surface area contributed by atoms with Gasteiger partial charge in [-0.25, -0.2) is 13.6 Å². The summed E-state index contributed by atoms with van der Waals surface area (Å²) in [6.45, 7) is 9.09. The van der Waals surface area contributed by atoms with E-state index >= 15 is 8.78 Å². The lowest BCUT2D eigenvalue weighted by Gasteiger charge is -2.46. The number of halogens is 4. The molecule has 1 amide bonds. The van der Waals surface area contributed by atoms with Crippen LogP contribution in [-0.2, 0) is 29.2 Å². The van der Waals surface area contributed by atoms with Crippen LogP contribution in [0.1, 0.15) is 56.5 Å². The van der Waals surface area contributed by atoms with Crippen molar-refractivity contribution in [3.05, 3.63) is 81.4 Å². The fourth-order valence-corrected chi connectivity index (χ4v) is 7.83. The van der Waals surface area contributed by atoms with Gasteiger partial charge in [-0.3, -0.25) is 4.79 Å². The van der Waals surface area contributed by atoms with E-state index < -0.39 is 57.8 Å². The highest BCUT2D eigenvalue weighted by Gasteiger charge is 2.66. The zero-order valence-electron chi connectivity index (χ0n) is 31.7. The molecule has 0 radical (unpaired) electrons. The second-order valence-electron chi connectivity index (χ2n) is 14.8. The van der Waals surface area contributed by atoms with Crippen LogP contribution in [0.25, 0.3) is 0 Å². The first-order valence-corrected chi connectivity index (χ1v) is 18.7. The monoisotopic (exact) mass is 807 g/mol. The van der Waals surface area contributed by atoms with Gasteiger partial charge < -0.3 is 39.4 Å². The molecule has 1 aliphatic carbocycles. The molecule has 1 aliphatic heterocycles. The molecule has 1 heterocycles. The first-order valence-electron chi connectivity index (χ1n) is 18.0. The van der Waals surface area contributed by atoms with Crippen LogP contribution in [0.15, 0.2) is 59.4 Å². The third kappa shape index (κ3) is 10.4. The Hall–Kier alpha value is -3.61. The number of rotatable bonds is 18. The smallest absolute Gasteiger partial charge is 0.338 e. The van der Waals surface area contributed by atoms with Gasteiger partial charge >= 0.3 is 5.97 Å². The maximum absolute atomic E-state index is 16.5. The highest BCUT2D eigenvalue weighted by atomic mass is 35.5. The summed E-state index contributed by atoms with van der Waals surface area (Å²) in [7, 11) is 1.37. The second kappa shape index (κ2) is 19.5. The Bertz CT molecular complexity index is 1780. The first kappa shape index (κ1) is 44.1. The molecule has 0 spiro atoms. The first-order chi connectivity index (χ1) is 26.1. The van der Waals surface area contributed by atoms with Crippen molar-refractivity contribution < 1.29 is 47.2 Å². The number of aliphatic hydroxyl groups is 1. The van der Waals surface area contributed by atoms with Gasteiger partial charge in [-0.1, -0.05) is 63.0 Å². The summed E-state index contributed by atoms with van der Waals surface area (Å²) in [4.78, 5) is 27.4. The number of esters is 1. The standard InChI is InChI=1S/C40H49Cl2F2N3O8/c1-38(2,3)23-32-40(24-45,27-10-9-26(41)22-29(27)43)34(39(4)12-6-7-28(42)35(39)44)33(47-32)36(49)46-30-11-8-25(21-31(30)51-5)37(50)55-20-19-54-18-17-53-16-15-52-14-13-48/h6-11,21-22,32-34,47-48H,12-20,23H2,1-5H3,(H,46,49)/t32-,33+,34+,39?,40-/m0/s1. The van der Waals surface area contributed by atoms with Crippen LogP contribution in [0, 0.1) is 33.9 Å². The Balaban J connectivity index is 1.58. The van der Waals surface area contributed by atoms with Gasteiger partial charge in [0.05, 0.1) is 81.8 Å². The van der Waals surface area contributed by atoms with Crippen LogP contribution >= 0.6 is 23.2 Å². The number of hydrogen-bond donors (Lipinski definition) is 3. The normalized spacial score (nSPS) is 23.8. The number of methoxy groups -OCH3 is 1. The highest BCUT2D eigenvalue weighted by molar-refractivity contribution is 6.31. The molecular formula is C40H49Cl2F2N3O8. The molecule has 3 N–H and O–H groups in total. The highest BCUT2D eigenvalue weighted by Crippen LogP contribution is 2.59. The average Bonchev–Trinajstić information content (AvgIpc) is 3.46. The molecule has 1 fully saturated rings. The summed E-state index contributed by atoms with van der Waals surface area (Å²) in [5, 5.41) is 26.0. The molecule has 1 saturated heterocycles. The average molecular weight is 809 g/mol. The predicted molar refractivity (Wildman–Crippen MR) is 204 cm³/mol. The van der Waals surface area contributed by atoms with Crippen LogP contribution in [-0.4, -0.2) is 89.0 Å². The van der Waals surface area contributed by atoms with Gasteiger partial charge in [0, 0.05) is 28.0 Å². The van der Waals surface area contributed by atoms with Crippen LogP contribution in [0.5, 0.6) is 5.75 Å². The van der Waals surface area contributed by atoms with Crippen molar-refractivity contribution in [3.8, 4) is 11.8 Å². The van der Waals surface area contributed by atoms with Gasteiger partial charge in [-0.05, 0) is 54.7 Å². The third-order valence-corrected chi connectivity index (χ3v) is 10.3. The van der Waals surface area contributed by atoms with Crippen molar-refractivity contribution in [2.75, 3.05) is 65.3 Å². The number of nitrogens with one attached hydrogen (secondary N) is 2. The molecule has 5 atom stereocenters. The van der Waals surface area contributed by atoms with Gasteiger partial charge in [-0.2, -0.15) is 5.26 Å². The molecule has 0 saturated carbocycles. The van der Waals surface area contributed by atoms with Crippen LogP contribution < -0.4 is 15.4 Å². The molecule has 55 heavy (non-hydrogen) atoms. The lowest BCUT2D eigenvalue weighted by molar-refractivity contribution is -0.120. The molecule has 2 aromatic carbocycles. The van der Waals surface area contributed by atoms with Crippen LogP contribution in [0.2, 0.25) is 5.02 Å². The van der Waals surface area contributed by atoms with Gasteiger partial charge in [0.15, 0.2) is 0 Å². The Labute approximate surface area is 330 Å². The Morgan fingerprint density at radius 1 is 1.02 bits per heavy atom. The summed E-state index contributed by atoms with van der Waals surface area (Å²) in [5.74, 6) is -3.81. The predicted octanol–water partition coefficient (Wildman–Crippen LogP) is 6.87. The molecule has 300 valence electrons. The molecule has 15 heteroatoms. The fourth-order valence-electron chi connectivity index (χ4n) is 7.36. The lowest BCUT2D eigenvalue weighted by Crippen LogP contribution is -2.52. The molecule has 0 aromatic heterocycles. The van der Waals surface area contributed by atoms with Crippen molar-refractivity contribution in [1.29, 1.82) is 5.26 Å². The number of anilines is 1. The van der Waals surface area contributed by atoms with E-state index in [0.717, 1.165) is 6.07 Å².